The van der Waals surface area contributed by atoms with Gasteiger partial charge in [-0.3, -0.25) is 0 Å². The highest BCUT2D eigenvalue weighted by Crippen LogP contribution is 2.34. The summed E-state index contributed by atoms with van der Waals surface area (Å²) < 4.78 is 6.17. The van der Waals surface area contributed by atoms with Crippen LogP contribution in [0.15, 0.2) is 36.1 Å². The SMILES string of the molecule is Cc1ccccc1[C@@H]1C=C(O[Si](C)(C)C)CCC1. The molecule has 0 aliphatic heterocycles. The number of aryl methyl sites for hydroxylation is 1. The molecule has 2 heteroatoms. The Morgan fingerprint density at radius 2 is 1.89 bits per heavy atom. The van der Waals surface area contributed by atoms with Crippen LogP contribution in [-0.4, -0.2) is 8.32 Å². The Balaban J connectivity index is 2.20. The zero-order valence-corrected chi connectivity index (χ0v) is 13.0. The van der Waals surface area contributed by atoms with E-state index >= 15 is 0 Å². The summed E-state index contributed by atoms with van der Waals surface area (Å²) in [5, 5.41) is 0. The summed E-state index contributed by atoms with van der Waals surface area (Å²) in [7, 11) is -1.46. The highest BCUT2D eigenvalue weighted by atomic mass is 28.4. The van der Waals surface area contributed by atoms with Crippen molar-refractivity contribution in [3.8, 4) is 0 Å². The monoisotopic (exact) mass is 260 g/mol. The average Bonchev–Trinajstić information content (AvgIpc) is 2.27. The van der Waals surface area contributed by atoms with Crippen molar-refractivity contribution in [1.29, 1.82) is 0 Å². The van der Waals surface area contributed by atoms with Crippen molar-refractivity contribution in [2.24, 2.45) is 0 Å². The van der Waals surface area contributed by atoms with Gasteiger partial charge in [-0.15, -0.1) is 0 Å². The summed E-state index contributed by atoms with van der Waals surface area (Å²) in [5.41, 5.74) is 2.86. The Morgan fingerprint density at radius 1 is 1.17 bits per heavy atom. The first-order valence-corrected chi connectivity index (χ1v) is 10.3. The van der Waals surface area contributed by atoms with Gasteiger partial charge in [0, 0.05) is 12.3 Å². The third-order valence-corrected chi connectivity index (χ3v) is 4.23. The van der Waals surface area contributed by atoms with E-state index in [-0.39, 0.29) is 0 Å². The largest absolute Gasteiger partial charge is 0.548 e. The highest BCUT2D eigenvalue weighted by molar-refractivity contribution is 6.70. The summed E-state index contributed by atoms with van der Waals surface area (Å²) in [5.74, 6) is 1.78. The average molecular weight is 260 g/mol. The molecule has 2 rings (SSSR count). The normalized spacial score (nSPS) is 20.4. The fraction of sp³-hybridized carbons (Fsp3) is 0.500. The van der Waals surface area contributed by atoms with E-state index in [0.29, 0.717) is 5.92 Å². The van der Waals surface area contributed by atoms with E-state index in [1.54, 1.807) is 0 Å². The summed E-state index contributed by atoms with van der Waals surface area (Å²) in [4.78, 5) is 0. The Hall–Kier alpha value is -1.02. The van der Waals surface area contributed by atoms with Crippen LogP contribution in [0.1, 0.15) is 36.3 Å². The van der Waals surface area contributed by atoms with E-state index in [1.807, 2.05) is 0 Å². The first-order valence-electron chi connectivity index (χ1n) is 6.91. The van der Waals surface area contributed by atoms with Crippen molar-refractivity contribution in [3.05, 3.63) is 47.2 Å². The van der Waals surface area contributed by atoms with Crippen molar-refractivity contribution in [1.82, 2.24) is 0 Å². The van der Waals surface area contributed by atoms with Crippen molar-refractivity contribution >= 4 is 8.32 Å². The van der Waals surface area contributed by atoms with Crippen LogP contribution in [0.5, 0.6) is 0 Å². The molecule has 0 aromatic heterocycles. The second kappa shape index (κ2) is 5.31. The van der Waals surface area contributed by atoms with Gasteiger partial charge in [0.15, 0.2) is 0 Å². The van der Waals surface area contributed by atoms with Gasteiger partial charge in [0.25, 0.3) is 0 Å². The lowest BCUT2D eigenvalue weighted by molar-refractivity contribution is 0.373. The number of benzene rings is 1. The van der Waals surface area contributed by atoms with Gasteiger partial charge in [-0.25, -0.2) is 0 Å². The van der Waals surface area contributed by atoms with Crippen LogP contribution in [0.25, 0.3) is 0 Å². The first kappa shape index (κ1) is 13.4. The second-order valence-corrected chi connectivity index (χ2v) is 10.6. The molecule has 0 amide bonds. The van der Waals surface area contributed by atoms with Crippen LogP contribution in [0.4, 0.5) is 0 Å². The third-order valence-electron chi connectivity index (χ3n) is 3.35. The van der Waals surface area contributed by atoms with E-state index in [1.165, 1.54) is 29.7 Å². The lowest BCUT2D eigenvalue weighted by Gasteiger charge is -2.28. The molecule has 0 saturated carbocycles. The fourth-order valence-corrected chi connectivity index (χ4v) is 3.57. The van der Waals surface area contributed by atoms with Crippen LogP contribution in [0.3, 0.4) is 0 Å². The van der Waals surface area contributed by atoms with Crippen LogP contribution in [0.2, 0.25) is 19.6 Å². The van der Waals surface area contributed by atoms with Crippen LogP contribution < -0.4 is 0 Å². The molecule has 1 nitrogen and oxygen atoms in total. The van der Waals surface area contributed by atoms with Crippen LogP contribution >= 0.6 is 0 Å². The van der Waals surface area contributed by atoms with Crippen molar-refractivity contribution < 1.29 is 4.43 Å². The molecule has 0 spiro atoms. The number of allylic oxidation sites excluding steroid dienone is 2. The van der Waals surface area contributed by atoms with Gasteiger partial charge in [-0.05, 0) is 56.6 Å². The zero-order valence-electron chi connectivity index (χ0n) is 12.0. The number of hydrogen-bond acceptors (Lipinski definition) is 1. The van der Waals surface area contributed by atoms with Crippen molar-refractivity contribution in [3.63, 3.8) is 0 Å². The van der Waals surface area contributed by atoms with E-state index in [2.05, 4.69) is 56.9 Å². The molecule has 0 saturated heterocycles. The van der Waals surface area contributed by atoms with E-state index in [9.17, 15) is 0 Å². The van der Waals surface area contributed by atoms with Gasteiger partial charge in [-0.2, -0.15) is 0 Å². The van der Waals surface area contributed by atoms with Crippen molar-refractivity contribution in [2.45, 2.75) is 51.7 Å². The molecule has 0 heterocycles. The minimum Gasteiger partial charge on any atom is -0.548 e. The van der Waals surface area contributed by atoms with Crippen LogP contribution in [0, 0.1) is 6.92 Å². The van der Waals surface area contributed by atoms with E-state index in [0.717, 1.165) is 6.42 Å². The molecule has 1 aliphatic carbocycles. The maximum atomic E-state index is 6.17. The lowest BCUT2D eigenvalue weighted by atomic mass is 9.86. The smallest absolute Gasteiger partial charge is 0.241 e. The summed E-state index contributed by atoms with van der Waals surface area (Å²) in [6, 6.07) is 8.72. The maximum absolute atomic E-state index is 6.17. The topological polar surface area (TPSA) is 9.23 Å². The molecule has 1 aromatic carbocycles. The van der Waals surface area contributed by atoms with Gasteiger partial charge >= 0.3 is 0 Å². The molecule has 0 bridgehead atoms. The van der Waals surface area contributed by atoms with Gasteiger partial charge in [0.2, 0.25) is 8.32 Å². The molecular weight excluding hydrogens is 236 g/mol. The standard InChI is InChI=1S/C16H24OSi/c1-13-8-5-6-11-16(13)14-9-7-10-15(12-14)17-18(2,3)4/h5-6,8,11-12,14H,7,9-10H2,1-4H3/t14-/m0/s1. The van der Waals surface area contributed by atoms with Gasteiger partial charge in [-0.1, -0.05) is 24.3 Å². The summed E-state index contributed by atoms with van der Waals surface area (Å²) >= 11 is 0. The summed E-state index contributed by atoms with van der Waals surface area (Å²) in [6.07, 6.45) is 5.98. The Morgan fingerprint density at radius 3 is 2.56 bits per heavy atom. The molecule has 0 unspecified atom stereocenters. The lowest BCUT2D eigenvalue weighted by Crippen LogP contribution is -2.25. The molecule has 0 fully saturated rings. The molecule has 98 valence electrons. The number of hydrogen-bond donors (Lipinski definition) is 0. The highest BCUT2D eigenvalue weighted by Gasteiger charge is 2.22. The van der Waals surface area contributed by atoms with E-state index < -0.39 is 8.32 Å². The van der Waals surface area contributed by atoms with Crippen molar-refractivity contribution in [2.75, 3.05) is 0 Å². The Bertz CT molecular complexity index is 443. The molecular formula is C16H24OSi. The van der Waals surface area contributed by atoms with Gasteiger partial charge < -0.3 is 4.43 Å². The third kappa shape index (κ3) is 3.48. The predicted molar refractivity (Wildman–Crippen MR) is 80.3 cm³/mol. The minimum absolute atomic E-state index is 0.548. The minimum atomic E-state index is -1.46. The predicted octanol–water partition coefficient (Wildman–Crippen LogP) is 5.00. The molecule has 18 heavy (non-hydrogen) atoms. The van der Waals surface area contributed by atoms with Gasteiger partial charge in [0.1, 0.15) is 0 Å². The van der Waals surface area contributed by atoms with E-state index in [4.69, 9.17) is 4.43 Å². The Kier molecular flexibility index (Phi) is 3.96. The first-order chi connectivity index (χ1) is 8.46. The fourth-order valence-electron chi connectivity index (χ4n) is 2.61. The van der Waals surface area contributed by atoms with Gasteiger partial charge in [0.05, 0.1) is 5.76 Å². The maximum Gasteiger partial charge on any atom is 0.241 e. The molecule has 1 aromatic rings. The molecule has 1 atom stereocenters. The van der Waals surface area contributed by atoms with Crippen LogP contribution in [-0.2, 0) is 4.43 Å². The molecule has 0 radical (unpaired) electrons. The molecule has 0 N–H and O–H groups in total. The second-order valence-electron chi connectivity index (χ2n) is 6.20. The molecule has 1 aliphatic rings. The number of rotatable bonds is 3. The summed E-state index contributed by atoms with van der Waals surface area (Å²) in [6.45, 7) is 8.97. The zero-order chi connectivity index (χ0) is 13.2. The quantitative estimate of drug-likeness (QED) is 0.695. The Labute approximate surface area is 112 Å².